The fourth-order valence-electron chi connectivity index (χ4n) is 3.80. The van der Waals surface area contributed by atoms with Crippen LogP contribution in [0.1, 0.15) is 23.6 Å². The van der Waals surface area contributed by atoms with E-state index in [2.05, 4.69) is 12.2 Å². The van der Waals surface area contributed by atoms with E-state index in [9.17, 15) is 9.59 Å². The number of carbonyl (C=O) groups excluding carboxylic acids is 2. The first-order chi connectivity index (χ1) is 16.0. The van der Waals surface area contributed by atoms with E-state index in [1.54, 1.807) is 44.6 Å². The van der Waals surface area contributed by atoms with Crippen LogP contribution in [0.25, 0.3) is 5.57 Å². The maximum atomic E-state index is 13.6. The fraction of sp³-hybridized carbons (Fsp3) is 0.185. The van der Waals surface area contributed by atoms with Gasteiger partial charge in [0.2, 0.25) is 0 Å². The van der Waals surface area contributed by atoms with Crippen LogP contribution >= 0.6 is 0 Å². The van der Waals surface area contributed by atoms with Gasteiger partial charge >= 0.3 is 0 Å². The minimum atomic E-state index is -0.426. The summed E-state index contributed by atoms with van der Waals surface area (Å²) in [7, 11) is 3.11. The van der Waals surface area contributed by atoms with Gasteiger partial charge in [0.15, 0.2) is 0 Å². The van der Waals surface area contributed by atoms with E-state index in [4.69, 9.17) is 9.47 Å². The molecule has 4 rings (SSSR count). The molecular weight excluding hydrogens is 416 g/mol. The summed E-state index contributed by atoms with van der Waals surface area (Å²) < 4.78 is 10.8. The predicted molar refractivity (Wildman–Crippen MR) is 130 cm³/mol. The van der Waals surface area contributed by atoms with Gasteiger partial charge in [0.05, 0.1) is 31.2 Å². The lowest BCUT2D eigenvalue weighted by atomic mass is 10.0. The molecule has 33 heavy (non-hydrogen) atoms. The van der Waals surface area contributed by atoms with Crippen LogP contribution < -0.4 is 19.7 Å². The number of amides is 2. The zero-order chi connectivity index (χ0) is 23.5. The van der Waals surface area contributed by atoms with Crippen LogP contribution in [0.3, 0.4) is 0 Å². The molecule has 0 aromatic heterocycles. The summed E-state index contributed by atoms with van der Waals surface area (Å²) >= 11 is 0. The average molecular weight is 443 g/mol. The van der Waals surface area contributed by atoms with Crippen molar-refractivity contribution in [2.45, 2.75) is 20.3 Å². The number of methoxy groups -OCH3 is 2. The number of anilines is 2. The molecule has 0 spiro atoms. The van der Waals surface area contributed by atoms with Gasteiger partial charge in [-0.25, -0.2) is 4.90 Å². The smallest absolute Gasteiger partial charge is 0.282 e. The van der Waals surface area contributed by atoms with Gasteiger partial charge in [-0.15, -0.1) is 0 Å². The maximum Gasteiger partial charge on any atom is 0.282 e. The number of hydrogen-bond donors (Lipinski definition) is 1. The lowest BCUT2D eigenvalue weighted by Crippen LogP contribution is -2.32. The molecule has 3 aromatic rings. The van der Waals surface area contributed by atoms with Crippen LogP contribution in [0.4, 0.5) is 11.4 Å². The van der Waals surface area contributed by atoms with E-state index in [0.29, 0.717) is 34.0 Å². The van der Waals surface area contributed by atoms with E-state index in [1.165, 1.54) is 4.90 Å². The Kier molecular flexibility index (Phi) is 6.18. The number of hydrogen-bond acceptors (Lipinski definition) is 5. The Morgan fingerprint density at radius 3 is 2.15 bits per heavy atom. The van der Waals surface area contributed by atoms with Gasteiger partial charge in [0, 0.05) is 6.07 Å². The van der Waals surface area contributed by atoms with E-state index in [0.717, 1.165) is 17.5 Å². The van der Waals surface area contributed by atoms with Crippen molar-refractivity contribution in [1.29, 1.82) is 0 Å². The largest absolute Gasteiger partial charge is 0.497 e. The average Bonchev–Trinajstić information content (AvgIpc) is 3.08. The Hall–Kier alpha value is -4.06. The highest BCUT2D eigenvalue weighted by molar-refractivity contribution is 6.46. The zero-order valence-electron chi connectivity index (χ0n) is 19.1. The van der Waals surface area contributed by atoms with E-state index in [1.807, 2.05) is 43.3 Å². The Morgan fingerprint density at radius 2 is 1.55 bits per heavy atom. The predicted octanol–water partition coefficient (Wildman–Crippen LogP) is 4.97. The number of rotatable bonds is 7. The standard InChI is InChI=1S/C27H26N2O4/c1-5-18-8-12-20(13-9-18)29-26(30)24(19-10-6-17(2)7-11-19)25(27(29)31)28-22-16-21(32-3)14-15-23(22)33-4/h6-16,28H,5H2,1-4H3. The first-order valence-electron chi connectivity index (χ1n) is 10.7. The number of ether oxygens (including phenoxy) is 2. The number of nitrogens with one attached hydrogen (secondary N) is 1. The van der Waals surface area contributed by atoms with Crippen molar-refractivity contribution in [2.75, 3.05) is 24.4 Å². The van der Waals surface area contributed by atoms with Crippen LogP contribution in [-0.2, 0) is 16.0 Å². The summed E-state index contributed by atoms with van der Waals surface area (Å²) in [5.74, 6) is 0.319. The van der Waals surface area contributed by atoms with Gasteiger partial charge in [-0.3, -0.25) is 9.59 Å². The molecule has 168 valence electrons. The van der Waals surface area contributed by atoms with Crippen LogP contribution in [0.5, 0.6) is 11.5 Å². The molecule has 0 fully saturated rings. The second-order valence-electron chi connectivity index (χ2n) is 7.77. The molecule has 6 nitrogen and oxygen atoms in total. The molecule has 1 heterocycles. The third-order valence-corrected chi connectivity index (χ3v) is 5.69. The number of carbonyl (C=O) groups is 2. The van der Waals surface area contributed by atoms with Crippen LogP contribution in [0.15, 0.2) is 72.4 Å². The third-order valence-electron chi connectivity index (χ3n) is 5.69. The zero-order valence-corrected chi connectivity index (χ0v) is 19.1. The first kappa shape index (κ1) is 22.1. The molecule has 0 saturated carbocycles. The summed E-state index contributed by atoms with van der Waals surface area (Å²) in [4.78, 5) is 28.4. The minimum absolute atomic E-state index is 0.190. The maximum absolute atomic E-state index is 13.6. The van der Waals surface area contributed by atoms with Crippen molar-refractivity contribution >= 4 is 28.8 Å². The molecular formula is C27H26N2O4. The molecule has 1 aliphatic rings. The summed E-state index contributed by atoms with van der Waals surface area (Å²) in [6.45, 7) is 4.03. The lowest BCUT2D eigenvalue weighted by molar-refractivity contribution is -0.120. The second kappa shape index (κ2) is 9.20. The molecule has 0 bridgehead atoms. The number of imide groups is 1. The second-order valence-corrected chi connectivity index (χ2v) is 7.77. The van der Waals surface area contributed by atoms with Crippen molar-refractivity contribution < 1.29 is 19.1 Å². The SMILES string of the molecule is CCc1ccc(N2C(=O)C(Nc3cc(OC)ccc3OC)=C(c3ccc(C)cc3)C2=O)cc1. The molecule has 1 aliphatic heterocycles. The van der Waals surface area contributed by atoms with Crippen molar-refractivity contribution in [2.24, 2.45) is 0 Å². The van der Waals surface area contributed by atoms with Crippen molar-refractivity contribution in [1.82, 2.24) is 0 Å². The topological polar surface area (TPSA) is 67.9 Å². The summed E-state index contributed by atoms with van der Waals surface area (Å²) in [6.07, 6.45) is 0.872. The number of benzene rings is 3. The molecule has 1 N–H and O–H groups in total. The molecule has 6 heteroatoms. The van der Waals surface area contributed by atoms with E-state index in [-0.39, 0.29) is 11.6 Å². The summed E-state index contributed by atoms with van der Waals surface area (Å²) in [5, 5.41) is 3.16. The normalized spacial score (nSPS) is 13.5. The molecule has 0 saturated heterocycles. The summed E-state index contributed by atoms with van der Waals surface area (Å²) in [5.41, 5.74) is 4.41. The Bertz CT molecular complexity index is 1230. The third kappa shape index (κ3) is 4.20. The van der Waals surface area contributed by atoms with E-state index < -0.39 is 5.91 Å². The Labute approximate surface area is 193 Å². The van der Waals surface area contributed by atoms with Crippen molar-refractivity contribution in [3.63, 3.8) is 0 Å². The van der Waals surface area contributed by atoms with Crippen molar-refractivity contribution in [3.05, 3.63) is 89.1 Å². The minimum Gasteiger partial charge on any atom is -0.497 e. The Balaban J connectivity index is 1.83. The molecule has 3 aromatic carbocycles. The van der Waals surface area contributed by atoms with Gasteiger partial charge < -0.3 is 14.8 Å². The highest BCUT2D eigenvalue weighted by atomic mass is 16.5. The van der Waals surface area contributed by atoms with Crippen LogP contribution in [-0.4, -0.2) is 26.0 Å². The molecule has 0 radical (unpaired) electrons. The van der Waals surface area contributed by atoms with Gasteiger partial charge in [-0.05, 0) is 48.7 Å². The lowest BCUT2D eigenvalue weighted by Gasteiger charge is -2.16. The van der Waals surface area contributed by atoms with Gasteiger partial charge in [0.25, 0.3) is 11.8 Å². The van der Waals surface area contributed by atoms with E-state index >= 15 is 0 Å². The highest BCUT2D eigenvalue weighted by Gasteiger charge is 2.40. The summed E-state index contributed by atoms with van der Waals surface area (Å²) in [6, 6.07) is 20.2. The highest BCUT2D eigenvalue weighted by Crippen LogP contribution is 2.37. The molecule has 0 aliphatic carbocycles. The number of aryl methyl sites for hydroxylation is 2. The number of nitrogens with zero attached hydrogens (tertiary/aromatic N) is 1. The van der Waals surface area contributed by atoms with Crippen LogP contribution in [0, 0.1) is 6.92 Å². The van der Waals surface area contributed by atoms with Gasteiger partial charge in [-0.1, -0.05) is 48.9 Å². The molecule has 0 atom stereocenters. The van der Waals surface area contributed by atoms with Gasteiger partial charge in [0.1, 0.15) is 17.2 Å². The Morgan fingerprint density at radius 1 is 0.848 bits per heavy atom. The van der Waals surface area contributed by atoms with Crippen molar-refractivity contribution in [3.8, 4) is 11.5 Å². The van der Waals surface area contributed by atoms with Crippen LogP contribution in [0.2, 0.25) is 0 Å². The van der Waals surface area contributed by atoms with Gasteiger partial charge in [-0.2, -0.15) is 0 Å². The monoisotopic (exact) mass is 442 g/mol. The molecule has 2 amide bonds. The fourth-order valence-corrected chi connectivity index (χ4v) is 3.80. The molecule has 0 unspecified atom stereocenters. The first-order valence-corrected chi connectivity index (χ1v) is 10.7. The quantitative estimate of drug-likeness (QED) is 0.523.